The standard InChI is InChI=1S/C29H29F3N4O7/c30-29(31,32)43-21-8-2-1-6-18(21)26(39)35-14-4-12-34(15-16-35)13-5-17-42-22-9-3-7-19-24(22)28(41)36(27(19)40)20-10-11-23(37)33-25(20)38/h1-3,6-9,20H,4-5,10-17H2,(H,33,37,38). The van der Waals surface area contributed by atoms with Gasteiger partial charge in [0.25, 0.3) is 17.7 Å². The maximum atomic E-state index is 13.2. The molecule has 3 aliphatic rings. The average Bonchev–Trinajstić information content (AvgIpc) is 3.09. The Morgan fingerprint density at radius 1 is 0.930 bits per heavy atom. The van der Waals surface area contributed by atoms with E-state index in [2.05, 4.69) is 15.0 Å². The van der Waals surface area contributed by atoms with E-state index < -0.39 is 47.7 Å². The fraction of sp³-hybridized carbons (Fsp3) is 0.414. The SMILES string of the molecule is O=C1CCC(N2C(=O)c3cccc(OCCCN4CCCN(C(=O)c5ccccc5OC(F)(F)F)CC4)c3C2=O)C(=O)N1. The summed E-state index contributed by atoms with van der Waals surface area (Å²) in [5, 5.41) is 2.17. The van der Waals surface area contributed by atoms with Gasteiger partial charge in [-0.2, -0.15) is 0 Å². The molecule has 0 aromatic heterocycles. The lowest BCUT2D eigenvalue weighted by Crippen LogP contribution is -2.54. The van der Waals surface area contributed by atoms with Crippen LogP contribution in [0.2, 0.25) is 0 Å². The van der Waals surface area contributed by atoms with Crippen LogP contribution in [0.5, 0.6) is 11.5 Å². The predicted octanol–water partition coefficient (Wildman–Crippen LogP) is 2.60. The van der Waals surface area contributed by atoms with Crippen molar-refractivity contribution in [2.24, 2.45) is 0 Å². The summed E-state index contributed by atoms with van der Waals surface area (Å²) in [4.78, 5) is 67.6. The highest BCUT2D eigenvalue weighted by atomic mass is 19.4. The van der Waals surface area contributed by atoms with Crippen LogP contribution in [-0.4, -0.2) is 96.0 Å². The number of nitrogens with zero attached hydrogens (tertiary/aromatic N) is 3. The van der Waals surface area contributed by atoms with Gasteiger partial charge in [0.15, 0.2) is 0 Å². The number of carbonyl (C=O) groups excluding carboxylic acids is 5. The van der Waals surface area contributed by atoms with Gasteiger partial charge in [0, 0.05) is 32.6 Å². The van der Waals surface area contributed by atoms with E-state index in [0.29, 0.717) is 45.6 Å². The summed E-state index contributed by atoms with van der Waals surface area (Å²) in [6.45, 7) is 2.68. The van der Waals surface area contributed by atoms with Crippen LogP contribution in [0.25, 0.3) is 0 Å². The van der Waals surface area contributed by atoms with Gasteiger partial charge < -0.3 is 19.3 Å². The molecular weight excluding hydrogens is 573 g/mol. The third-order valence-corrected chi connectivity index (χ3v) is 7.53. The van der Waals surface area contributed by atoms with Gasteiger partial charge in [0.1, 0.15) is 17.5 Å². The Labute approximate surface area is 244 Å². The predicted molar refractivity (Wildman–Crippen MR) is 143 cm³/mol. The topological polar surface area (TPSA) is 126 Å². The van der Waals surface area contributed by atoms with Crippen LogP contribution in [0.15, 0.2) is 42.5 Å². The highest BCUT2D eigenvalue weighted by Gasteiger charge is 2.46. The molecule has 1 atom stereocenters. The fourth-order valence-electron chi connectivity index (χ4n) is 5.50. The summed E-state index contributed by atoms with van der Waals surface area (Å²) in [5.41, 5.74) is 0.0591. The number of fused-ring (bicyclic) bond motifs is 1. The second-order valence-corrected chi connectivity index (χ2v) is 10.4. The van der Waals surface area contributed by atoms with Gasteiger partial charge in [-0.05, 0) is 50.1 Å². The number of benzene rings is 2. The maximum absolute atomic E-state index is 13.2. The molecule has 0 bridgehead atoms. The van der Waals surface area contributed by atoms with E-state index in [-0.39, 0.29) is 41.9 Å². The van der Waals surface area contributed by atoms with Gasteiger partial charge in [0.05, 0.1) is 23.3 Å². The molecular formula is C29H29F3N4O7. The Kier molecular flexibility index (Phi) is 8.67. The van der Waals surface area contributed by atoms with E-state index in [1.807, 2.05) is 0 Å². The van der Waals surface area contributed by atoms with Crippen molar-refractivity contribution < 1.29 is 46.6 Å². The zero-order valence-electron chi connectivity index (χ0n) is 23.0. The molecule has 2 saturated heterocycles. The van der Waals surface area contributed by atoms with Gasteiger partial charge in [0.2, 0.25) is 11.8 Å². The molecule has 14 heteroatoms. The summed E-state index contributed by atoms with van der Waals surface area (Å²) < 4.78 is 48.3. The largest absolute Gasteiger partial charge is 0.573 e. The molecule has 3 aliphatic heterocycles. The number of nitrogens with one attached hydrogen (secondary N) is 1. The monoisotopic (exact) mass is 602 g/mol. The molecule has 43 heavy (non-hydrogen) atoms. The van der Waals surface area contributed by atoms with Crippen LogP contribution in [0.1, 0.15) is 56.8 Å². The zero-order chi connectivity index (χ0) is 30.7. The number of para-hydroxylation sites is 1. The van der Waals surface area contributed by atoms with Crippen LogP contribution in [0, 0.1) is 0 Å². The van der Waals surface area contributed by atoms with Gasteiger partial charge in [-0.15, -0.1) is 13.2 Å². The lowest BCUT2D eigenvalue weighted by Gasteiger charge is -2.27. The third-order valence-electron chi connectivity index (χ3n) is 7.53. The molecule has 0 spiro atoms. The van der Waals surface area contributed by atoms with Crippen LogP contribution in [-0.2, 0) is 9.59 Å². The molecule has 2 aromatic rings. The molecule has 228 valence electrons. The first-order valence-corrected chi connectivity index (χ1v) is 13.9. The van der Waals surface area contributed by atoms with Gasteiger partial charge >= 0.3 is 6.36 Å². The van der Waals surface area contributed by atoms with Crippen LogP contribution < -0.4 is 14.8 Å². The number of piperidine rings is 1. The Balaban J connectivity index is 1.14. The van der Waals surface area contributed by atoms with Crippen LogP contribution >= 0.6 is 0 Å². The molecule has 0 aliphatic carbocycles. The van der Waals surface area contributed by atoms with E-state index in [1.165, 1.54) is 29.2 Å². The number of amides is 5. The molecule has 1 N–H and O–H groups in total. The van der Waals surface area contributed by atoms with Crippen molar-refractivity contribution in [2.75, 3.05) is 39.3 Å². The third kappa shape index (κ3) is 6.63. The normalized spacial score (nSPS) is 19.7. The van der Waals surface area contributed by atoms with Crippen molar-refractivity contribution in [1.82, 2.24) is 20.0 Å². The Bertz CT molecular complexity index is 1450. The zero-order valence-corrected chi connectivity index (χ0v) is 23.0. The number of hydrogen-bond acceptors (Lipinski definition) is 8. The second kappa shape index (κ2) is 12.4. The summed E-state index contributed by atoms with van der Waals surface area (Å²) in [6, 6.07) is 8.87. The van der Waals surface area contributed by atoms with Crippen molar-refractivity contribution in [1.29, 1.82) is 0 Å². The fourth-order valence-corrected chi connectivity index (χ4v) is 5.50. The van der Waals surface area contributed by atoms with Crippen molar-refractivity contribution in [3.8, 4) is 11.5 Å². The lowest BCUT2D eigenvalue weighted by molar-refractivity contribution is -0.274. The lowest BCUT2D eigenvalue weighted by atomic mass is 10.0. The summed E-state index contributed by atoms with van der Waals surface area (Å²) in [7, 11) is 0. The van der Waals surface area contributed by atoms with Crippen LogP contribution in [0.3, 0.4) is 0 Å². The average molecular weight is 603 g/mol. The minimum atomic E-state index is -4.91. The maximum Gasteiger partial charge on any atom is 0.573 e. The summed E-state index contributed by atoms with van der Waals surface area (Å²) in [6.07, 6.45) is -3.66. The van der Waals surface area contributed by atoms with Crippen molar-refractivity contribution >= 4 is 29.5 Å². The Morgan fingerprint density at radius 2 is 1.70 bits per heavy atom. The molecule has 1 unspecified atom stereocenters. The molecule has 5 rings (SSSR count). The highest BCUT2D eigenvalue weighted by Crippen LogP contribution is 2.34. The Hall–Kier alpha value is -4.46. The second-order valence-electron chi connectivity index (χ2n) is 10.4. The highest BCUT2D eigenvalue weighted by molar-refractivity contribution is 6.24. The number of rotatable bonds is 8. The summed E-state index contributed by atoms with van der Waals surface area (Å²) >= 11 is 0. The van der Waals surface area contributed by atoms with E-state index in [9.17, 15) is 37.1 Å². The molecule has 0 saturated carbocycles. The smallest absolute Gasteiger partial charge is 0.493 e. The van der Waals surface area contributed by atoms with E-state index in [0.717, 1.165) is 11.0 Å². The number of imide groups is 2. The van der Waals surface area contributed by atoms with E-state index in [4.69, 9.17) is 4.74 Å². The van der Waals surface area contributed by atoms with Gasteiger partial charge in [-0.1, -0.05) is 18.2 Å². The van der Waals surface area contributed by atoms with E-state index >= 15 is 0 Å². The number of alkyl halides is 3. The van der Waals surface area contributed by atoms with Crippen molar-refractivity contribution in [2.45, 2.75) is 38.1 Å². The minimum absolute atomic E-state index is 0.0232. The molecule has 3 heterocycles. The molecule has 2 fully saturated rings. The molecule has 0 radical (unpaired) electrons. The quantitative estimate of drug-likeness (QED) is 0.361. The first kappa shape index (κ1) is 30.0. The first-order valence-electron chi connectivity index (χ1n) is 13.9. The first-order chi connectivity index (χ1) is 20.5. The van der Waals surface area contributed by atoms with Gasteiger partial charge in [-0.3, -0.25) is 34.2 Å². The number of hydrogen-bond donors (Lipinski definition) is 1. The summed E-state index contributed by atoms with van der Waals surface area (Å²) in [5.74, 6) is -3.25. The number of carbonyl (C=O) groups is 5. The van der Waals surface area contributed by atoms with E-state index in [1.54, 1.807) is 12.1 Å². The van der Waals surface area contributed by atoms with Crippen molar-refractivity contribution in [3.05, 3.63) is 59.2 Å². The van der Waals surface area contributed by atoms with Gasteiger partial charge in [-0.25, -0.2) is 0 Å². The van der Waals surface area contributed by atoms with Crippen LogP contribution in [0.4, 0.5) is 13.2 Å². The molecule has 11 nitrogen and oxygen atoms in total. The molecule has 5 amide bonds. The number of halogens is 3. The van der Waals surface area contributed by atoms with Crippen molar-refractivity contribution in [3.63, 3.8) is 0 Å². The minimum Gasteiger partial charge on any atom is -0.493 e. The Morgan fingerprint density at radius 3 is 2.47 bits per heavy atom. The molecule has 2 aromatic carbocycles. The number of ether oxygens (including phenoxy) is 2.